The summed E-state index contributed by atoms with van der Waals surface area (Å²) in [5.41, 5.74) is 6.85. The topological polar surface area (TPSA) is 46.5 Å². The van der Waals surface area contributed by atoms with Crippen LogP contribution in [0.2, 0.25) is 12.1 Å². The van der Waals surface area contributed by atoms with Crippen LogP contribution in [0.1, 0.15) is 25.0 Å². The molecule has 1 fully saturated rings. The molecule has 4 heterocycles. The lowest BCUT2D eigenvalue weighted by molar-refractivity contribution is 0.719. The number of rotatable bonds is 4. The third-order valence-corrected chi connectivity index (χ3v) is 13.3. The molecular formula is C32H30N4Si. The van der Waals surface area contributed by atoms with E-state index in [0.717, 1.165) is 17.0 Å². The van der Waals surface area contributed by atoms with E-state index in [0.29, 0.717) is 0 Å². The van der Waals surface area contributed by atoms with Gasteiger partial charge in [-0.15, -0.1) is 0 Å². The number of aromatic nitrogens is 4. The molecule has 7 rings (SSSR count). The van der Waals surface area contributed by atoms with E-state index in [-0.39, 0.29) is 0 Å². The first-order valence-corrected chi connectivity index (χ1v) is 15.7. The van der Waals surface area contributed by atoms with Gasteiger partial charge in [-0.1, -0.05) is 67.8 Å². The molecule has 1 aliphatic heterocycles. The number of aryl methyl sites for hydroxylation is 1. The first-order valence-electron chi connectivity index (χ1n) is 13.3. The van der Waals surface area contributed by atoms with Crippen LogP contribution in [0.5, 0.6) is 0 Å². The van der Waals surface area contributed by atoms with Gasteiger partial charge in [-0.2, -0.15) is 5.10 Å². The summed E-state index contributed by atoms with van der Waals surface area (Å²) < 4.78 is 2.44. The summed E-state index contributed by atoms with van der Waals surface area (Å²) >= 11 is 0. The molecule has 1 aliphatic rings. The number of benzene rings is 3. The first kappa shape index (κ1) is 22.3. The molecule has 0 atom stereocenters. The van der Waals surface area contributed by atoms with Crippen LogP contribution < -0.4 is 10.5 Å². The average molecular weight is 499 g/mol. The van der Waals surface area contributed by atoms with Crippen molar-refractivity contribution in [3.63, 3.8) is 0 Å². The monoisotopic (exact) mass is 498 g/mol. The lowest BCUT2D eigenvalue weighted by atomic mass is 10.1. The van der Waals surface area contributed by atoms with Gasteiger partial charge in [0.25, 0.3) is 0 Å². The van der Waals surface area contributed by atoms with E-state index in [2.05, 4.69) is 99.7 Å². The lowest BCUT2D eigenvalue weighted by Gasteiger charge is -2.35. The second-order valence-electron chi connectivity index (χ2n) is 10.4. The minimum Gasteiger partial charge on any atom is -0.309 e. The number of nitrogens with zero attached hydrogens (tertiary/aromatic N) is 3. The number of hydrogen-bond donors (Lipinski definition) is 1. The Kier molecular flexibility index (Phi) is 5.32. The fraction of sp³-hybridized carbons (Fsp3) is 0.188. The fourth-order valence-electron chi connectivity index (χ4n) is 6.41. The van der Waals surface area contributed by atoms with Crippen molar-refractivity contribution in [3.8, 4) is 16.9 Å². The lowest BCUT2D eigenvalue weighted by Crippen LogP contribution is -2.60. The quantitative estimate of drug-likeness (QED) is 0.278. The molecular weight excluding hydrogens is 468 g/mol. The van der Waals surface area contributed by atoms with Crippen molar-refractivity contribution in [1.82, 2.24) is 19.7 Å². The van der Waals surface area contributed by atoms with E-state index in [1.807, 2.05) is 19.2 Å². The smallest absolute Gasteiger partial charge is 0.141 e. The third kappa shape index (κ3) is 3.65. The second-order valence-corrected chi connectivity index (χ2v) is 14.7. The van der Waals surface area contributed by atoms with E-state index in [1.54, 1.807) is 0 Å². The van der Waals surface area contributed by atoms with Gasteiger partial charge in [0, 0.05) is 39.2 Å². The van der Waals surface area contributed by atoms with Crippen molar-refractivity contribution in [3.05, 3.63) is 103 Å². The predicted molar refractivity (Wildman–Crippen MR) is 156 cm³/mol. The van der Waals surface area contributed by atoms with Crippen LogP contribution >= 0.6 is 0 Å². The van der Waals surface area contributed by atoms with Crippen LogP contribution in [-0.4, -0.2) is 27.8 Å². The van der Waals surface area contributed by atoms with Crippen molar-refractivity contribution in [2.45, 2.75) is 38.3 Å². The van der Waals surface area contributed by atoms with Gasteiger partial charge in [-0.05, 0) is 66.7 Å². The van der Waals surface area contributed by atoms with E-state index in [1.165, 1.54) is 69.3 Å². The van der Waals surface area contributed by atoms with E-state index >= 15 is 0 Å². The van der Waals surface area contributed by atoms with Crippen molar-refractivity contribution < 1.29 is 0 Å². The molecule has 1 saturated heterocycles. The van der Waals surface area contributed by atoms with E-state index in [9.17, 15) is 0 Å². The minimum absolute atomic E-state index is 0.976. The molecule has 0 radical (unpaired) electrons. The Morgan fingerprint density at radius 3 is 2.41 bits per heavy atom. The molecule has 1 N–H and O–H groups in total. The van der Waals surface area contributed by atoms with Crippen LogP contribution in [0.4, 0.5) is 0 Å². The van der Waals surface area contributed by atoms with Gasteiger partial charge in [-0.25, -0.2) is 0 Å². The number of para-hydroxylation sites is 1. The van der Waals surface area contributed by atoms with Crippen LogP contribution in [0.15, 0.2) is 97.2 Å². The van der Waals surface area contributed by atoms with Gasteiger partial charge < -0.3 is 4.57 Å². The molecule has 0 bridgehead atoms. The number of nitrogens with one attached hydrogen (secondary N) is 1. The molecule has 6 aromatic rings. The predicted octanol–water partition coefficient (Wildman–Crippen LogP) is 6.62. The van der Waals surface area contributed by atoms with Gasteiger partial charge >= 0.3 is 0 Å². The summed E-state index contributed by atoms with van der Waals surface area (Å²) in [7, 11) is -1.92. The highest BCUT2D eigenvalue weighted by atomic mass is 28.3. The molecule has 5 heteroatoms. The maximum atomic E-state index is 4.95. The van der Waals surface area contributed by atoms with Crippen molar-refractivity contribution in [2.24, 2.45) is 0 Å². The first-order chi connectivity index (χ1) is 18.2. The zero-order chi connectivity index (χ0) is 24.8. The molecule has 3 aromatic carbocycles. The number of H-pyrrole nitrogens is 1. The normalized spacial score (nSPS) is 15.4. The molecule has 0 spiro atoms. The van der Waals surface area contributed by atoms with Crippen LogP contribution in [0.3, 0.4) is 0 Å². The Balaban J connectivity index is 1.47. The van der Waals surface area contributed by atoms with Crippen LogP contribution in [0, 0.1) is 6.92 Å². The van der Waals surface area contributed by atoms with Crippen LogP contribution in [0.25, 0.3) is 38.8 Å². The average Bonchev–Trinajstić information content (AvgIpc) is 3.55. The maximum absolute atomic E-state index is 4.95. The summed E-state index contributed by atoms with van der Waals surface area (Å²) in [5.74, 6) is 0. The molecule has 182 valence electrons. The molecule has 4 nitrogen and oxygen atoms in total. The largest absolute Gasteiger partial charge is 0.309 e. The highest BCUT2D eigenvalue weighted by Gasteiger charge is 2.40. The Hall–Kier alpha value is -3.96. The number of aromatic amines is 1. The Morgan fingerprint density at radius 1 is 0.757 bits per heavy atom. The summed E-state index contributed by atoms with van der Waals surface area (Å²) in [6.07, 6.45) is 5.92. The standard InChI is InChI=1S/C32H30N4Si/c1-23-20-29(35-34-23)24-10-9-11-25(21-24)36-30-13-4-3-12-27(30)28-16-15-26(22-31(28)36)37(18-7-2-8-19-37)32-14-5-6-17-33-32/h3-6,9-17,20-22H,2,7-8,18-19H2,1H3,(H,34,35). The Bertz CT molecular complexity index is 1720. The van der Waals surface area contributed by atoms with Gasteiger partial charge in [0.2, 0.25) is 0 Å². The van der Waals surface area contributed by atoms with E-state index < -0.39 is 8.07 Å². The van der Waals surface area contributed by atoms with Gasteiger partial charge in [0.1, 0.15) is 8.07 Å². The Morgan fingerprint density at radius 2 is 1.59 bits per heavy atom. The zero-order valence-corrected chi connectivity index (χ0v) is 22.1. The molecule has 0 amide bonds. The molecule has 0 aliphatic carbocycles. The fourth-order valence-corrected chi connectivity index (χ4v) is 11.3. The van der Waals surface area contributed by atoms with Crippen molar-refractivity contribution in [1.29, 1.82) is 0 Å². The van der Waals surface area contributed by atoms with Crippen molar-refractivity contribution in [2.75, 3.05) is 0 Å². The van der Waals surface area contributed by atoms with Crippen LogP contribution in [-0.2, 0) is 0 Å². The summed E-state index contributed by atoms with van der Waals surface area (Å²) in [6, 6.07) is 36.0. The molecule has 0 unspecified atom stereocenters. The molecule has 3 aromatic heterocycles. The summed E-state index contributed by atoms with van der Waals surface area (Å²) in [6.45, 7) is 2.04. The van der Waals surface area contributed by atoms with Gasteiger partial charge in [0.05, 0.1) is 16.7 Å². The number of fused-ring (bicyclic) bond motifs is 3. The van der Waals surface area contributed by atoms with Gasteiger partial charge in [-0.3, -0.25) is 10.1 Å². The van der Waals surface area contributed by atoms with E-state index in [4.69, 9.17) is 4.98 Å². The maximum Gasteiger partial charge on any atom is 0.141 e. The number of hydrogen-bond acceptors (Lipinski definition) is 2. The minimum atomic E-state index is -1.92. The number of pyridine rings is 1. The second kappa shape index (κ2) is 8.85. The highest BCUT2D eigenvalue weighted by molar-refractivity contribution is 7.02. The summed E-state index contributed by atoms with van der Waals surface area (Å²) in [5, 5.41) is 13.1. The van der Waals surface area contributed by atoms with Crippen molar-refractivity contribution >= 4 is 40.4 Å². The Labute approximate surface area is 218 Å². The highest BCUT2D eigenvalue weighted by Crippen LogP contribution is 2.35. The summed E-state index contributed by atoms with van der Waals surface area (Å²) in [4.78, 5) is 4.95. The molecule has 37 heavy (non-hydrogen) atoms. The third-order valence-electron chi connectivity index (χ3n) is 8.19. The molecule has 0 saturated carbocycles. The SMILES string of the molecule is Cc1cc(-c2cccc(-n3c4ccccc4c4ccc([Si]5(c6ccccn6)CCCCC5)cc43)c2)n[nH]1. The zero-order valence-electron chi connectivity index (χ0n) is 21.1. The van der Waals surface area contributed by atoms with Gasteiger partial charge in [0.15, 0.2) is 0 Å².